The summed E-state index contributed by atoms with van der Waals surface area (Å²) in [6, 6.07) is 4.73. The van der Waals surface area contributed by atoms with E-state index in [1.54, 1.807) is 31.5 Å². The molecule has 0 amide bonds. The van der Waals surface area contributed by atoms with E-state index in [4.69, 9.17) is 5.73 Å². The lowest BCUT2D eigenvalue weighted by atomic mass is 10.4. The highest BCUT2D eigenvalue weighted by Gasteiger charge is 2.25. The lowest BCUT2D eigenvalue weighted by molar-refractivity contribution is 0.592. The molecule has 2 heterocycles. The largest absolute Gasteiger partial charge is 0.398 e. The number of nitrogen functional groups attached to an aromatic ring is 1. The van der Waals surface area contributed by atoms with E-state index >= 15 is 0 Å². The fourth-order valence-corrected chi connectivity index (χ4v) is 3.26. The minimum atomic E-state index is -3.72. The van der Waals surface area contributed by atoms with Gasteiger partial charge < -0.3 is 5.73 Å². The molecule has 0 aliphatic heterocycles. The van der Waals surface area contributed by atoms with Gasteiger partial charge >= 0.3 is 0 Å². The predicted octanol–water partition coefficient (Wildman–Crippen LogP) is 1.27. The van der Waals surface area contributed by atoms with Gasteiger partial charge in [0.2, 0.25) is 0 Å². The second-order valence-corrected chi connectivity index (χ2v) is 5.62. The van der Waals surface area contributed by atoms with E-state index in [0.717, 1.165) is 0 Å². The highest BCUT2D eigenvalue weighted by molar-refractivity contribution is 7.93. The Morgan fingerprint density at radius 3 is 2.37 bits per heavy atom. The molecule has 0 aliphatic carbocycles. The first-order valence-corrected chi connectivity index (χ1v) is 7.13. The number of hydrogen-bond acceptors (Lipinski definition) is 5. The van der Waals surface area contributed by atoms with Crippen molar-refractivity contribution < 1.29 is 8.42 Å². The first kappa shape index (κ1) is 13.3. The van der Waals surface area contributed by atoms with E-state index in [1.165, 1.54) is 22.8 Å². The molecule has 0 saturated carbocycles. The normalized spacial score (nSPS) is 11.2. The molecule has 0 bridgehead atoms. The second-order valence-electron chi connectivity index (χ2n) is 3.79. The topological polar surface area (TPSA) is 89.2 Å². The van der Waals surface area contributed by atoms with Gasteiger partial charge in [-0.05, 0) is 25.1 Å². The fraction of sp³-hybridized carbons (Fsp3) is 0.167. The van der Waals surface area contributed by atoms with E-state index in [-0.39, 0.29) is 10.6 Å². The van der Waals surface area contributed by atoms with Gasteiger partial charge in [-0.2, -0.15) is 0 Å². The van der Waals surface area contributed by atoms with Crippen LogP contribution in [-0.2, 0) is 10.0 Å². The zero-order valence-electron chi connectivity index (χ0n) is 10.4. The molecule has 2 rings (SSSR count). The Bertz CT molecular complexity index is 658. The van der Waals surface area contributed by atoms with Gasteiger partial charge in [0.25, 0.3) is 10.0 Å². The number of anilines is 2. The van der Waals surface area contributed by atoms with Crippen LogP contribution in [0, 0.1) is 0 Å². The van der Waals surface area contributed by atoms with Gasteiger partial charge in [0.15, 0.2) is 0 Å². The van der Waals surface area contributed by atoms with E-state index in [1.807, 2.05) is 0 Å². The molecule has 2 aromatic heterocycles. The van der Waals surface area contributed by atoms with Crippen LogP contribution in [0.3, 0.4) is 0 Å². The van der Waals surface area contributed by atoms with Crippen LogP contribution < -0.4 is 10.0 Å². The smallest absolute Gasteiger partial charge is 0.267 e. The van der Waals surface area contributed by atoms with Gasteiger partial charge in [-0.1, -0.05) is 0 Å². The molecular formula is C12H14N4O2S. The van der Waals surface area contributed by atoms with Crippen LogP contribution in [0.15, 0.2) is 47.9 Å². The average Bonchev–Trinajstić information content (AvgIpc) is 2.40. The molecule has 6 nitrogen and oxygen atoms in total. The number of sulfonamides is 1. The van der Waals surface area contributed by atoms with Gasteiger partial charge in [0, 0.05) is 31.3 Å². The fourth-order valence-electron chi connectivity index (χ4n) is 1.73. The zero-order chi connectivity index (χ0) is 13.9. The Labute approximate surface area is 112 Å². The Morgan fingerprint density at radius 1 is 1.16 bits per heavy atom. The van der Waals surface area contributed by atoms with Crippen LogP contribution in [0.1, 0.15) is 6.92 Å². The molecule has 0 fully saturated rings. The van der Waals surface area contributed by atoms with E-state index in [0.29, 0.717) is 12.2 Å². The molecule has 2 aromatic rings. The molecule has 0 saturated heterocycles. The third-order valence-electron chi connectivity index (χ3n) is 2.62. The molecule has 0 spiro atoms. The average molecular weight is 278 g/mol. The number of aromatic nitrogens is 2. The Morgan fingerprint density at radius 2 is 1.79 bits per heavy atom. The maximum absolute atomic E-state index is 12.6. The predicted molar refractivity (Wildman–Crippen MR) is 73.1 cm³/mol. The summed E-state index contributed by atoms with van der Waals surface area (Å²) in [7, 11) is -3.72. The lowest BCUT2D eigenvalue weighted by Crippen LogP contribution is -2.31. The van der Waals surface area contributed by atoms with E-state index < -0.39 is 10.0 Å². The maximum atomic E-state index is 12.6. The lowest BCUT2D eigenvalue weighted by Gasteiger charge is -2.23. The molecular weight excluding hydrogens is 264 g/mol. The van der Waals surface area contributed by atoms with Crippen LogP contribution in [-0.4, -0.2) is 24.9 Å². The third kappa shape index (κ3) is 2.50. The van der Waals surface area contributed by atoms with Crippen molar-refractivity contribution in [3.63, 3.8) is 0 Å². The monoisotopic (exact) mass is 278 g/mol. The number of pyridine rings is 2. The second kappa shape index (κ2) is 5.23. The molecule has 19 heavy (non-hydrogen) atoms. The summed E-state index contributed by atoms with van der Waals surface area (Å²) in [5.74, 6) is 0. The van der Waals surface area contributed by atoms with Crippen molar-refractivity contribution in [2.75, 3.05) is 16.6 Å². The van der Waals surface area contributed by atoms with Crippen molar-refractivity contribution in [3.05, 3.63) is 43.0 Å². The van der Waals surface area contributed by atoms with Gasteiger partial charge in [0.1, 0.15) is 4.90 Å². The summed E-state index contributed by atoms with van der Waals surface area (Å²) >= 11 is 0. The molecule has 0 aliphatic rings. The summed E-state index contributed by atoms with van der Waals surface area (Å²) < 4.78 is 26.4. The van der Waals surface area contributed by atoms with Crippen LogP contribution in [0.25, 0.3) is 0 Å². The Balaban J connectivity index is 2.52. The minimum absolute atomic E-state index is 0.00802. The molecule has 2 N–H and O–H groups in total. The molecule has 0 unspecified atom stereocenters. The Hall–Kier alpha value is -2.15. The van der Waals surface area contributed by atoms with E-state index in [2.05, 4.69) is 9.97 Å². The summed E-state index contributed by atoms with van der Waals surface area (Å²) in [5.41, 5.74) is 6.44. The summed E-state index contributed by atoms with van der Waals surface area (Å²) in [6.07, 6.45) is 5.80. The van der Waals surface area contributed by atoms with Gasteiger partial charge in [0.05, 0.1) is 11.4 Å². The highest BCUT2D eigenvalue weighted by Crippen LogP contribution is 2.25. The quantitative estimate of drug-likeness (QED) is 0.909. The third-order valence-corrected chi connectivity index (χ3v) is 4.57. The number of nitrogens with two attached hydrogens (primary N) is 1. The van der Waals surface area contributed by atoms with Crippen LogP contribution in [0.5, 0.6) is 0 Å². The van der Waals surface area contributed by atoms with Crippen molar-refractivity contribution >= 4 is 21.4 Å². The van der Waals surface area contributed by atoms with Crippen LogP contribution >= 0.6 is 0 Å². The highest BCUT2D eigenvalue weighted by atomic mass is 32.2. The zero-order valence-corrected chi connectivity index (χ0v) is 11.2. The molecule has 100 valence electrons. The van der Waals surface area contributed by atoms with Crippen molar-refractivity contribution in [2.24, 2.45) is 0 Å². The minimum Gasteiger partial charge on any atom is -0.398 e. The first-order chi connectivity index (χ1) is 9.07. The molecule has 7 heteroatoms. The van der Waals surface area contributed by atoms with E-state index in [9.17, 15) is 8.42 Å². The standard InChI is InChI=1S/C12H14N4O2S/c1-2-16(10-3-6-14-7-4-10)19(17,18)12-9-15-8-5-11(12)13/h3-9H,2H2,1H3,(H2,13,15). The van der Waals surface area contributed by atoms with Crippen LogP contribution in [0.4, 0.5) is 11.4 Å². The SMILES string of the molecule is CCN(c1ccncc1)S(=O)(=O)c1cnccc1N. The number of hydrogen-bond donors (Lipinski definition) is 1. The van der Waals surface area contributed by atoms with Crippen molar-refractivity contribution in [1.29, 1.82) is 0 Å². The van der Waals surface area contributed by atoms with Crippen LogP contribution in [0.2, 0.25) is 0 Å². The van der Waals surface area contributed by atoms with Gasteiger partial charge in [-0.25, -0.2) is 8.42 Å². The number of rotatable bonds is 4. The first-order valence-electron chi connectivity index (χ1n) is 5.69. The van der Waals surface area contributed by atoms with Gasteiger partial charge in [-0.3, -0.25) is 14.3 Å². The van der Waals surface area contributed by atoms with Crippen molar-refractivity contribution in [1.82, 2.24) is 9.97 Å². The molecule has 0 atom stereocenters. The summed E-state index contributed by atoms with van der Waals surface area (Å²) in [6.45, 7) is 2.05. The molecule has 0 aromatic carbocycles. The van der Waals surface area contributed by atoms with Gasteiger partial charge in [-0.15, -0.1) is 0 Å². The Kier molecular flexibility index (Phi) is 3.66. The number of nitrogens with zero attached hydrogens (tertiary/aromatic N) is 3. The summed E-state index contributed by atoms with van der Waals surface area (Å²) in [5, 5.41) is 0. The maximum Gasteiger partial charge on any atom is 0.267 e. The molecule has 0 radical (unpaired) electrons. The van der Waals surface area contributed by atoms with Crippen molar-refractivity contribution in [3.8, 4) is 0 Å². The summed E-state index contributed by atoms with van der Waals surface area (Å²) in [4.78, 5) is 7.71. The van der Waals surface area contributed by atoms with Crippen molar-refractivity contribution in [2.45, 2.75) is 11.8 Å².